The highest BCUT2D eigenvalue weighted by atomic mass is 35.5. The number of carbonyl (C=O) groups is 2. The highest BCUT2D eigenvalue weighted by Crippen LogP contribution is 2.47. The van der Waals surface area contributed by atoms with Gasteiger partial charge in [-0.1, -0.05) is 11.6 Å². The van der Waals surface area contributed by atoms with Gasteiger partial charge in [0.25, 0.3) is 0 Å². The van der Waals surface area contributed by atoms with E-state index in [-0.39, 0.29) is 26.6 Å². The molecule has 2 amide bonds. The molecule has 4 rings (SSSR count). The summed E-state index contributed by atoms with van der Waals surface area (Å²) in [6.45, 7) is 2.94. The molecular weight excluding hydrogens is 422 g/mol. The molecule has 3 aliphatic heterocycles. The second kappa shape index (κ2) is 7.19. The van der Waals surface area contributed by atoms with Gasteiger partial charge >= 0.3 is 0 Å². The first-order valence-electron chi connectivity index (χ1n) is 9.29. The number of sulfonamides is 1. The van der Waals surface area contributed by atoms with E-state index in [4.69, 9.17) is 11.6 Å². The third kappa shape index (κ3) is 3.32. The van der Waals surface area contributed by atoms with Gasteiger partial charge in [0.2, 0.25) is 21.8 Å². The smallest absolute Gasteiger partial charge is 0.248 e. The summed E-state index contributed by atoms with van der Waals surface area (Å²) in [6, 6.07) is 3.91. The van der Waals surface area contributed by atoms with Crippen molar-refractivity contribution in [2.24, 2.45) is 0 Å². The van der Waals surface area contributed by atoms with Gasteiger partial charge in [-0.3, -0.25) is 9.59 Å². The Morgan fingerprint density at radius 2 is 2.04 bits per heavy atom. The summed E-state index contributed by atoms with van der Waals surface area (Å²) in [4.78, 5) is 26.4. The number of fused-ring (bicyclic) bond motifs is 1. The zero-order valence-electron chi connectivity index (χ0n) is 15.5. The lowest BCUT2D eigenvalue weighted by Gasteiger charge is -2.29. The maximum atomic E-state index is 12.9. The normalized spacial score (nSPS) is 28.0. The van der Waals surface area contributed by atoms with E-state index in [2.05, 4.69) is 5.32 Å². The molecule has 2 atom stereocenters. The van der Waals surface area contributed by atoms with Crippen molar-refractivity contribution in [3.63, 3.8) is 0 Å². The quantitative estimate of drug-likeness (QED) is 0.772. The molecule has 7 nitrogen and oxygen atoms in total. The monoisotopic (exact) mass is 443 g/mol. The minimum atomic E-state index is -3.70. The first-order chi connectivity index (χ1) is 13.2. The van der Waals surface area contributed by atoms with E-state index in [0.29, 0.717) is 31.0 Å². The van der Waals surface area contributed by atoms with Crippen LogP contribution in [0.3, 0.4) is 0 Å². The highest BCUT2D eigenvalue weighted by molar-refractivity contribution is 8.01. The summed E-state index contributed by atoms with van der Waals surface area (Å²) in [5, 5.41) is 2.91. The number of nitrogens with zero attached hydrogens (tertiary/aromatic N) is 2. The van der Waals surface area contributed by atoms with Crippen molar-refractivity contribution >= 4 is 50.9 Å². The van der Waals surface area contributed by atoms with Crippen LogP contribution in [0.2, 0.25) is 5.02 Å². The molecule has 3 fully saturated rings. The number of carbonyl (C=O) groups excluding carboxylic acids is 2. The first-order valence-corrected chi connectivity index (χ1v) is 12.1. The molecular formula is C18H22ClN3O4S2. The minimum Gasteiger partial charge on any atom is -0.324 e. The zero-order chi connectivity index (χ0) is 20.1. The molecule has 1 aromatic rings. The van der Waals surface area contributed by atoms with Crippen molar-refractivity contribution in [2.45, 2.75) is 48.4 Å². The number of anilines is 1. The Kier molecular flexibility index (Phi) is 5.14. The van der Waals surface area contributed by atoms with E-state index in [0.717, 1.165) is 19.3 Å². The lowest BCUT2D eigenvalue weighted by molar-refractivity contribution is -0.135. The summed E-state index contributed by atoms with van der Waals surface area (Å²) in [7, 11) is -3.70. The van der Waals surface area contributed by atoms with Crippen molar-refractivity contribution in [1.29, 1.82) is 0 Å². The Labute approximate surface area is 173 Å². The number of hydrogen-bond donors (Lipinski definition) is 1. The number of thioether (sulfide) groups is 1. The van der Waals surface area contributed by atoms with Gasteiger partial charge in [0.05, 0.1) is 9.89 Å². The molecule has 0 bridgehead atoms. The van der Waals surface area contributed by atoms with Crippen LogP contribution < -0.4 is 5.32 Å². The molecule has 0 spiro atoms. The van der Waals surface area contributed by atoms with Gasteiger partial charge in [0, 0.05) is 31.0 Å². The van der Waals surface area contributed by atoms with Crippen LogP contribution in [0.4, 0.5) is 5.69 Å². The predicted molar refractivity (Wildman–Crippen MR) is 109 cm³/mol. The lowest BCUT2D eigenvalue weighted by atomic mass is 10.2. The van der Waals surface area contributed by atoms with Crippen LogP contribution in [0.25, 0.3) is 0 Å². The van der Waals surface area contributed by atoms with Crippen molar-refractivity contribution in [3.8, 4) is 0 Å². The van der Waals surface area contributed by atoms with Crippen LogP contribution in [0, 0.1) is 0 Å². The standard InChI is InChI=1S/C18H22ClN3O4S2/c1-18-7-6-16(23)22(18)14(11-27-18)17(24)20-12-4-5-13(19)15(10-12)28(25,26)21-8-2-3-9-21/h4-5,10,14H,2-3,6-9,11H2,1H3,(H,20,24)/t14-,18+/m0/s1. The Morgan fingerprint density at radius 1 is 1.32 bits per heavy atom. The van der Waals surface area contributed by atoms with Crippen LogP contribution >= 0.6 is 23.4 Å². The summed E-state index contributed by atoms with van der Waals surface area (Å²) in [6.07, 6.45) is 2.84. The van der Waals surface area contributed by atoms with Crippen molar-refractivity contribution < 1.29 is 18.0 Å². The Hall–Kier alpha value is -1.29. The molecule has 0 radical (unpaired) electrons. The van der Waals surface area contributed by atoms with Gasteiger partial charge in [-0.05, 0) is 44.4 Å². The van der Waals surface area contributed by atoms with Crippen LogP contribution in [-0.2, 0) is 19.6 Å². The Balaban J connectivity index is 1.56. The summed E-state index contributed by atoms with van der Waals surface area (Å²) >= 11 is 7.77. The average molecular weight is 444 g/mol. The van der Waals surface area contributed by atoms with Gasteiger partial charge in [-0.15, -0.1) is 11.8 Å². The molecule has 1 aromatic carbocycles. The molecule has 28 heavy (non-hydrogen) atoms. The second-order valence-electron chi connectivity index (χ2n) is 7.51. The van der Waals surface area contributed by atoms with Crippen molar-refractivity contribution in [2.75, 3.05) is 24.2 Å². The first kappa shape index (κ1) is 20.0. The Bertz CT molecular complexity index is 933. The van der Waals surface area contributed by atoms with E-state index in [1.165, 1.54) is 16.4 Å². The van der Waals surface area contributed by atoms with Crippen LogP contribution in [0.1, 0.15) is 32.6 Å². The number of rotatable bonds is 4. The molecule has 3 heterocycles. The van der Waals surface area contributed by atoms with E-state index < -0.39 is 16.1 Å². The fourth-order valence-corrected chi connectivity index (χ4v) is 7.54. The summed E-state index contributed by atoms with van der Waals surface area (Å²) in [5.41, 5.74) is 0.359. The number of hydrogen-bond acceptors (Lipinski definition) is 5. The molecule has 1 N–H and O–H groups in total. The molecule has 3 aliphatic rings. The number of benzene rings is 1. The predicted octanol–water partition coefficient (Wildman–Crippen LogP) is 2.52. The number of amides is 2. The van der Waals surface area contributed by atoms with Gasteiger partial charge < -0.3 is 10.2 Å². The fraction of sp³-hybridized carbons (Fsp3) is 0.556. The van der Waals surface area contributed by atoms with Crippen LogP contribution in [-0.4, -0.2) is 59.2 Å². The summed E-state index contributed by atoms with van der Waals surface area (Å²) in [5.74, 6) is 0.208. The molecule has 0 saturated carbocycles. The molecule has 0 aromatic heterocycles. The Morgan fingerprint density at radius 3 is 2.75 bits per heavy atom. The van der Waals surface area contributed by atoms with Crippen LogP contribution in [0.15, 0.2) is 23.1 Å². The van der Waals surface area contributed by atoms with Crippen molar-refractivity contribution in [1.82, 2.24) is 9.21 Å². The van der Waals surface area contributed by atoms with Gasteiger partial charge in [0.15, 0.2) is 0 Å². The summed E-state index contributed by atoms with van der Waals surface area (Å²) < 4.78 is 27.1. The minimum absolute atomic E-state index is 0.00301. The number of nitrogens with one attached hydrogen (secondary N) is 1. The van der Waals surface area contributed by atoms with Crippen molar-refractivity contribution in [3.05, 3.63) is 23.2 Å². The molecule has 10 heteroatoms. The maximum absolute atomic E-state index is 12.9. The fourth-order valence-electron chi connectivity index (χ4n) is 4.09. The van der Waals surface area contributed by atoms with E-state index in [1.807, 2.05) is 6.92 Å². The molecule has 0 unspecified atom stereocenters. The molecule has 152 valence electrons. The van der Waals surface area contributed by atoms with E-state index >= 15 is 0 Å². The lowest BCUT2D eigenvalue weighted by Crippen LogP contribution is -2.48. The SMILES string of the molecule is C[C@@]12CCC(=O)N1[C@H](C(=O)Nc1ccc(Cl)c(S(=O)(=O)N3CCCC3)c1)CS2. The van der Waals surface area contributed by atoms with Crippen LogP contribution in [0.5, 0.6) is 0 Å². The van der Waals surface area contributed by atoms with Gasteiger partial charge in [-0.2, -0.15) is 4.31 Å². The number of halogens is 1. The average Bonchev–Trinajstić information content (AvgIpc) is 3.35. The second-order valence-corrected chi connectivity index (χ2v) is 11.3. The maximum Gasteiger partial charge on any atom is 0.248 e. The zero-order valence-corrected chi connectivity index (χ0v) is 17.9. The largest absolute Gasteiger partial charge is 0.324 e. The third-order valence-corrected chi connectivity index (χ3v) is 9.51. The molecule has 3 saturated heterocycles. The van der Waals surface area contributed by atoms with Gasteiger partial charge in [-0.25, -0.2) is 8.42 Å². The van der Waals surface area contributed by atoms with E-state index in [1.54, 1.807) is 22.7 Å². The highest BCUT2D eigenvalue weighted by Gasteiger charge is 2.52. The van der Waals surface area contributed by atoms with Gasteiger partial charge in [0.1, 0.15) is 10.9 Å². The third-order valence-electron chi connectivity index (χ3n) is 5.63. The van der Waals surface area contributed by atoms with E-state index in [9.17, 15) is 18.0 Å². The molecule has 0 aliphatic carbocycles. The topological polar surface area (TPSA) is 86.8 Å².